The lowest BCUT2D eigenvalue weighted by Gasteiger charge is -2.05. The fourth-order valence-electron chi connectivity index (χ4n) is 1.39. The van der Waals surface area contributed by atoms with Crippen LogP contribution >= 0.6 is 38.9 Å². The Balaban J connectivity index is 2.32. The van der Waals surface area contributed by atoms with Crippen LogP contribution in [0.25, 0.3) is 0 Å². The lowest BCUT2D eigenvalue weighted by atomic mass is 10.3. The Morgan fingerprint density at radius 1 is 1.44 bits per heavy atom. The molecular weight excluding hydrogens is 308 g/mol. The summed E-state index contributed by atoms with van der Waals surface area (Å²) < 4.78 is 0.812. The minimum absolute atomic E-state index is 0.499. The highest BCUT2D eigenvalue weighted by molar-refractivity contribution is 9.10. The Morgan fingerprint density at radius 2 is 2.25 bits per heavy atom. The molecule has 2 aromatic rings. The van der Waals surface area contributed by atoms with E-state index < -0.39 is 0 Å². The molecule has 0 atom stereocenters. The van der Waals surface area contributed by atoms with Gasteiger partial charge in [-0.15, -0.1) is 11.3 Å². The van der Waals surface area contributed by atoms with E-state index >= 15 is 0 Å². The average molecular weight is 318 g/mol. The second-order valence-electron chi connectivity index (χ2n) is 3.30. The molecule has 0 radical (unpaired) electrons. The van der Waals surface area contributed by atoms with Crippen molar-refractivity contribution in [1.29, 1.82) is 0 Å². The van der Waals surface area contributed by atoms with Crippen molar-refractivity contribution in [3.05, 3.63) is 43.5 Å². The summed E-state index contributed by atoms with van der Waals surface area (Å²) in [6.45, 7) is 2.05. The maximum absolute atomic E-state index is 6.04. The molecule has 2 nitrogen and oxygen atoms in total. The predicted molar refractivity (Wildman–Crippen MR) is 71.2 cm³/mol. The van der Waals surface area contributed by atoms with E-state index in [1.54, 1.807) is 11.3 Å². The standard InChI is InChI=1S/C11H10BrClN2S/c1-2-8-10(12)11(13)15-9(14-8)6-7-4-3-5-16-7/h3-5H,2,6H2,1H3. The third-order valence-corrected chi connectivity index (χ3v) is 4.38. The Morgan fingerprint density at radius 3 is 2.88 bits per heavy atom. The smallest absolute Gasteiger partial charge is 0.147 e. The number of nitrogens with zero attached hydrogens (tertiary/aromatic N) is 2. The molecule has 0 saturated heterocycles. The van der Waals surface area contributed by atoms with Crippen LogP contribution in [0.2, 0.25) is 5.15 Å². The van der Waals surface area contributed by atoms with Crippen molar-refractivity contribution >= 4 is 38.9 Å². The van der Waals surface area contributed by atoms with Crippen LogP contribution in [-0.2, 0) is 12.8 Å². The van der Waals surface area contributed by atoms with Crippen LogP contribution in [0.3, 0.4) is 0 Å². The molecule has 0 aromatic carbocycles. The molecule has 0 amide bonds. The summed E-state index contributed by atoms with van der Waals surface area (Å²) in [7, 11) is 0. The zero-order valence-electron chi connectivity index (χ0n) is 8.70. The first-order valence-electron chi connectivity index (χ1n) is 4.94. The maximum Gasteiger partial charge on any atom is 0.147 e. The molecule has 0 aliphatic carbocycles. The molecule has 0 spiro atoms. The van der Waals surface area contributed by atoms with Gasteiger partial charge in [0, 0.05) is 11.3 Å². The summed E-state index contributed by atoms with van der Waals surface area (Å²) in [6, 6.07) is 4.11. The summed E-state index contributed by atoms with van der Waals surface area (Å²) in [5.41, 5.74) is 0.964. The minimum atomic E-state index is 0.499. The molecule has 0 aliphatic heterocycles. The van der Waals surface area contributed by atoms with Gasteiger partial charge >= 0.3 is 0 Å². The van der Waals surface area contributed by atoms with E-state index in [1.165, 1.54) is 4.88 Å². The van der Waals surface area contributed by atoms with E-state index in [-0.39, 0.29) is 0 Å². The fraction of sp³-hybridized carbons (Fsp3) is 0.273. The van der Waals surface area contributed by atoms with E-state index in [0.717, 1.165) is 28.8 Å². The number of aryl methyl sites for hydroxylation is 1. The molecule has 0 aliphatic rings. The van der Waals surface area contributed by atoms with E-state index in [0.29, 0.717) is 5.15 Å². The first-order chi connectivity index (χ1) is 7.70. The Hall–Kier alpha value is -0.450. The van der Waals surface area contributed by atoms with Gasteiger partial charge in [-0.25, -0.2) is 9.97 Å². The quantitative estimate of drug-likeness (QED) is 0.796. The molecule has 2 heterocycles. The second-order valence-corrected chi connectivity index (χ2v) is 5.48. The lowest BCUT2D eigenvalue weighted by molar-refractivity contribution is 0.902. The van der Waals surface area contributed by atoms with E-state index in [1.807, 2.05) is 6.07 Å². The zero-order valence-corrected chi connectivity index (χ0v) is 11.9. The number of aromatic nitrogens is 2. The van der Waals surface area contributed by atoms with Crippen LogP contribution in [0.5, 0.6) is 0 Å². The summed E-state index contributed by atoms with van der Waals surface area (Å²) >= 11 is 11.1. The van der Waals surface area contributed by atoms with Gasteiger partial charge in [-0.05, 0) is 33.8 Å². The molecule has 2 aromatic heterocycles. The maximum atomic E-state index is 6.04. The van der Waals surface area contributed by atoms with Crippen molar-refractivity contribution in [2.45, 2.75) is 19.8 Å². The van der Waals surface area contributed by atoms with Crippen LogP contribution < -0.4 is 0 Å². The Kier molecular flexibility index (Phi) is 3.95. The van der Waals surface area contributed by atoms with Crippen LogP contribution in [0.4, 0.5) is 0 Å². The fourth-order valence-corrected chi connectivity index (χ4v) is 2.76. The van der Waals surface area contributed by atoms with Gasteiger partial charge in [0.25, 0.3) is 0 Å². The monoisotopic (exact) mass is 316 g/mol. The second kappa shape index (κ2) is 5.25. The normalized spacial score (nSPS) is 10.7. The van der Waals surface area contributed by atoms with Gasteiger partial charge in [0.15, 0.2) is 0 Å². The van der Waals surface area contributed by atoms with Crippen LogP contribution in [0.15, 0.2) is 22.0 Å². The summed E-state index contributed by atoms with van der Waals surface area (Å²) in [5, 5.41) is 2.55. The molecule has 0 unspecified atom stereocenters. The summed E-state index contributed by atoms with van der Waals surface area (Å²) in [4.78, 5) is 10.0. The summed E-state index contributed by atoms with van der Waals surface area (Å²) in [5.74, 6) is 0.785. The van der Waals surface area contributed by atoms with Crippen molar-refractivity contribution in [2.75, 3.05) is 0 Å². The summed E-state index contributed by atoms with van der Waals surface area (Å²) in [6.07, 6.45) is 1.60. The zero-order chi connectivity index (χ0) is 11.5. The Labute approximate surface area is 112 Å². The highest BCUT2D eigenvalue weighted by atomic mass is 79.9. The van der Waals surface area contributed by atoms with Crippen molar-refractivity contribution in [1.82, 2.24) is 9.97 Å². The SMILES string of the molecule is CCc1nc(Cc2cccs2)nc(Cl)c1Br. The highest BCUT2D eigenvalue weighted by Gasteiger charge is 2.09. The number of hydrogen-bond donors (Lipinski definition) is 0. The molecule has 84 valence electrons. The average Bonchev–Trinajstić information content (AvgIpc) is 2.76. The minimum Gasteiger partial charge on any atom is -0.236 e. The molecule has 0 fully saturated rings. The van der Waals surface area contributed by atoms with Crippen molar-refractivity contribution < 1.29 is 0 Å². The number of thiophene rings is 1. The van der Waals surface area contributed by atoms with Crippen LogP contribution in [0, 0.1) is 0 Å². The Bertz CT molecular complexity index is 485. The van der Waals surface area contributed by atoms with Gasteiger partial charge in [-0.1, -0.05) is 24.6 Å². The number of rotatable bonds is 3. The van der Waals surface area contributed by atoms with Gasteiger partial charge in [-0.2, -0.15) is 0 Å². The van der Waals surface area contributed by atoms with Crippen molar-refractivity contribution in [3.63, 3.8) is 0 Å². The van der Waals surface area contributed by atoms with Gasteiger partial charge < -0.3 is 0 Å². The molecule has 0 saturated carbocycles. The van der Waals surface area contributed by atoms with Gasteiger partial charge in [0.1, 0.15) is 11.0 Å². The first kappa shape index (κ1) is 12.0. The first-order valence-corrected chi connectivity index (χ1v) is 6.99. The van der Waals surface area contributed by atoms with E-state index in [4.69, 9.17) is 11.6 Å². The third kappa shape index (κ3) is 2.62. The van der Waals surface area contributed by atoms with Crippen LogP contribution in [0.1, 0.15) is 23.3 Å². The van der Waals surface area contributed by atoms with Crippen LogP contribution in [-0.4, -0.2) is 9.97 Å². The molecular formula is C11H10BrClN2S. The van der Waals surface area contributed by atoms with Gasteiger partial charge in [-0.3, -0.25) is 0 Å². The van der Waals surface area contributed by atoms with Crippen molar-refractivity contribution in [3.8, 4) is 0 Å². The van der Waals surface area contributed by atoms with E-state index in [2.05, 4.69) is 44.3 Å². The number of halogens is 2. The van der Waals surface area contributed by atoms with Gasteiger partial charge in [0.2, 0.25) is 0 Å². The largest absolute Gasteiger partial charge is 0.236 e. The lowest BCUT2D eigenvalue weighted by Crippen LogP contribution is -2.01. The molecule has 0 N–H and O–H groups in total. The van der Waals surface area contributed by atoms with Gasteiger partial charge in [0.05, 0.1) is 10.2 Å². The molecule has 2 rings (SSSR count). The predicted octanol–water partition coefficient (Wildman–Crippen LogP) is 4.11. The molecule has 0 bridgehead atoms. The molecule has 16 heavy (non-hydrogen) atoms. The topological polar surface area (TPSA) is 25.8 Å². The van der Waals surface area contributed by atoms with E-state index in [9.17, 15) is 0 Å². The highest BCUT2D eigenvalue weighted by Crippen LogP contribution is 2.24. The number of hydrogen-bond acceptors (Lipinski definition) is 3. The molecule has 5 heteroatoms. The van der Waals surface area contributed by atoms with Crippen molar-refractivity contribution in [2.24, 2.45) is 0 Å². The third-order valence-electron chi connectivity index (χ3n) is 2.17.